The second kappa shape index (κ2) is 9.49. The van der Waals surface area contributed by atoms with Crippen LogP contribution >= 0.6 is 0 Å². The van der Waals surface area contributed by atoms with Crippen LogP contribution in [-0.2, 0) is 30.6 Å². The number of rotatable bonds is 7. The fraction of sp³-hybridized carbons (Fsp3) is 0.467. The van der Waals surface area contributed by atoms with E-state index in [1.807, 2.05) is 13.8 Å². The molecule has 0 bridgehead atoms. The van der Waals surface area contributed by atoms with Crippen LogP contribution in [0.15, 0.2) is 24.5 Å². The molecule has 1 N–H and O–H groups in total. The van der Waals surface area contributed by atoms with E-state index in [4.69, 9.17) is 4.74 Å². The Kier molecular flexibility index (Phi) is 7.60. The van der Waals surface area contributed by atoms with E-state index in [9.17, 15) is 14.4 Å². The maximum absolute atomic E-state index is 11.6. The number of nitrogens with zero attached hydrogens (tertiary/aromatic N) is 1. The first-order valence-electron chi connectivity index (χ1n) is 7.10. The van der Waals surface area contributed by atoms with Crippen LogP contribution in [0.5, 0.6) is 0 Å². The Balaban J connectivity index is 2.27. The van der Waals surface area contributed by atoms with Gasteiger partial charge in [-0.15, -0.1) is 0 Å². The van der Waals surface area contributed by atoms with Gasteiger partial charge >= 0.3 is 11.9 Å². The van der Waals surface area contributed by atoms with Gasteiger partial charge in [0.05, 0.1) is 0 Å². The lowest BCUT2D eigenvalue weighted by atomic mass is 10.0. The predicted octanol–water partition coefficient (Wildman–Crippen LogP) is 1.53. The molecule has 0 fully saturated rings. The third kappa shape index (κ3) is 6.34. The number of aromatic nitrogens is 1. The standard InChI is InChI=1S/C15H20N2O5/c1-3-12(4-2)15(20)17-22-14(19)8-13(18)21-10-11-6-5-7-16-9-11/h5-7,9,12H,3-4,8,10H2,1-2H3,(H,17,20). The average molecular weight is 308 g/mol. The number of ether oxygens (including phenoxy) is 1. The molecular weight excluding hydrogens is 288 g/mol. The zero-order valence-electron chi connectivity index (χ0n) is 12.7. The van der Waals surface area contributed by atoms with Crippen molar-refractivity contribution in [2.75, 3.05) is 0 Å². The van der Waals surface area contributed by atoms with Gasteiger partial charge in [-0.05, 0) is 18.9 Å². The van der Waals surface area contributed by atoms with Crippen molar-refractivity contribution in [3.05, 3.63) is 30.1 Å². The normalized spacial score (nSPS) is 10.1. The minimum atomic E-state index is -0.865. The molecule has 1 rings (SSSR count). The first-order valence-corrected chi connectivity index (χ1v) is 7.10. The Morgan fingerprint density at radius 2 is 1.95 bits per heavy atom. The lowest BCUT2D eigenvalue weighted by Crippen LogP contribution is -2.33. The van der Waals surface area contributed by atoms with E-state index in [0.29, 0.717) is 18.4 Å². The van der Waals surface area contributed by atoms with Crippen molar-refractivity contribution in [1.29, 1.82) is 0 Å². The molecule has 120 valence electrons. The Morgan fingerprint density at radius 1 is 1.23 bits per heavy atom. The highest BCUT2D eigenvalue weighted by Gasteiger charge is 2.18. The van der Waals surface area contributed by atoms with E-state index in [1.165, 1.54) is 0 Å². The van der Waals surface area contributed by atoms with Gasteiger partial charge in [-0.25, -0.2) is 4.79 Å². The van der Waals surface area contributed by atoms with E-state index >= 15 is 0 Å². The zero-order chi connectivity index (χ0) is 16.4. The summed E-state index contributed by atoms with van der Waals surface area (Å²) in [6, 6.07) is 3.46. The van der Waals surface area contributed by atoms with Gasteiger partial charge in [-0.1, -0.05) is 19.9 Å². The summed E-state index contributed by atoms with van der Waals surface area (Å²) < 4.78 is 4.90. The van der Waals surface area contributed by atoms with E-state index in [1.54, 1.807) is 24.5 Å². The molecule has 0 aliphatic heterocycles. The minimum Gasteiger partial charge on any atom is -0.460 e. The number of carbonyl (C=O) groups is 3. The van der Waals surface area contributed by atoms with E-state index in [2.05, 4.69) is 15.3 Å². The number of nitrogens with one attached hydrogen (secondary N) is 1. The second-order valence-electron chi connectivity index (χ2n) is 4.65. The third-order valence-corrected chi connectivity index (χ3v) is 3.03. The van der Waals surface area contributed by atoms with Crippen LogP contribution < -0.4 is 5.48 Å². The van der Waals surface area contributed by atoms with Crippen molar-refractivity contribution in [3.8, 4) is 0 Å². The molecule has 1 aromatic rings. The van der Waals surface area contributed by atoms with Crippen molar-refractivity contribution in [2.45, 2.75) is 39.7 Å². The maximum Gasteiger partial charge on any atom is 0.343 e. The predicted molar refractivity (Wildman–Crippen MR) is 77.0 cm³/mol. The summed E-state index contributed by atoms with van der Waals surface area (Å²) >= 11 is 0. The Morgan fingerprint density at radius 3 is 2.55 bits per heavy atom. The molecule has 0 aliphatic rings. The first kappa shape index (κ1) is 17.6. The van der Waals surface area contributed by atoms with Crippen LogP contribution in [0.2, 0.25) is 0 Å². The number of carbonyl (C=O) groups excluding carboxylic acids is 3. The summed E-state index contributed by atoms with van der Waals surface area (Å²) in [6.07, 6.45) is 3.89. The van der Waals surface area contributed by atoms with Gasteiger partial charge in [0.2, 0.25) is 0 Å². The fourth-order valence-corrected chi connectivity index (χ4v) is 1.70. The van der Waals surface area contributed by atoms with Gasteiger partial charge in [0.1, 0.15) is 13.0 Å². The van der Waals surface area contributed by atoms with Crippen LogP contribution in [0.1, 0.15) is 38.7 Å². The SMILES string of the molecule is CCC(CC)C(=O)NOC(=O)CC(=O)OCc1cccnc1. The molecule has 0 radical (unpaired) electrons. The number of esters is 1. The average Bonchev–Trinajstić information content (AvgIpc) is 2.53. The summed E-state index contributed by atoms with van der Waals surface area (Å²) in [5.41, 5.74) is 2.77. The summed E-state index contributed by atoms with van der Waals surface area (Å²) in [5.74, 6) is -2.19. The molecule has 1 heterocycles. The monoisotopic (exact) mass is 308 g/mol. The number of hydrogen-bond acceptors (Lipinski definition) is 6. The molecule has 0 aromatic carbocycles. The van der Waals surface area contributed by atoms with Gasteiger partial charge in [0.25, 0.3) is 5.91 Å². The lowest BCUT2D eigenvalue weighted by Gasteiger charge is -2.12. The molecule has 7 heteroatoms. The van der Waals surface area contributed by atoms with Crippen molar-refractivity contribution < 1.29 is 24.0 Å². The topological polar surface area (TPSA) is 94.6 Å². The van der Waals surface area contributed by atoms with Crippen LogP contribution in [-0.4, -0.2) is 22.8 Å². The van der Waals surface area contributed by atoms with E-state index in [-0.39, 0.29) is 18.4 Å². The van der Waals surface area contributed by atoms with Gasteiger partial charge in [-0.3, -0.25) is 14.6 Å². The molecule has 1 amide bonds. The molecule has 0 atom stereocenters. The number of hydrogen-bond donors (Lipinski definition) is 1. The summed E-state index contributed by atoms with van der Waals surface area (Å²) in [7, 11) is 0. The maximum atomic E-state index is 11.6. The Hall–Kier alpha value is -2.44. The van der Waals surface area contributed by atoms with Gasteiger partial charge in [-0.2, -0.15) is 5.48 Å². The summed E-state index contributed by atoms with van der Waals surface area (Å²) in [5, 5.41) is 0. The quantitative estimate of drug-likeness (QED) is 0.466. The zero-order valence-corrected chi connectivity index (χ0v) is 12.7. The van der Waals surface area contributed by atoms with Crippen LogP contribution in [0.4, 0.5) is 0 Å². The molecule has 0 aliphatic carbocycles. The van der Waals surface area contributed by atoms with Gasteiger partial charge < -0.3 is 9.57 Å². The van der Waals surface area contributed by atoms with Crippen LogP contribution in [0.3, 0.4) is 0 Å². The largest absolute Gasteiger partial charge is 0.460 e. The third-order valence-electron chi connectivity index (χ3n) is 3.03. The molecule has 22 heavy (non-hydrogen) atoms. The molecule has 0 spiro atoms. The lowest BCUT2D eigenvalue weighted by molar-refractivity contribution is -0.165. The number of pyridine rings is 1. The summed E-state index contributed by atoms with van der Waals surface area (Å²) in [6.45, 7) is 3.76. The minimum absolute atomic E-state index is 0.0278. The number of hydroxylamine groups is 1. The summed E-state index contributed by atoms with van der Waals surface area (Å²) in [4.78, 5) is 42.9. The molecule has 0 saturated heterocycles. The molecule has 0 unspecified atom stereocenters. The van der Waals surface area contributed by atoms with Gasteiger partial charge in [0, 0.05) is 23.9 Å². The van der Waals surface area contributed by atoms with Crippen molar-refractivity contribution in [1.82, 2.24) is 10.5 Å². The smallest absolute Gasteiger partial charge is 0.343 e. The van der Waals surface area contributed by atoms with Gasteiger partial charge in [0.15, 0.2) is 0 Å². The van der Waals surface area contributed by atoms with Crippen molar-refractivity contribution in [3.63, 3.8) is 0 Å². The van der Waals surface area contributed by atoms with Crippen LogP contribution in [0.25, 0.3) is 0 Å². The second-order valence-corrected chi connectivity index (χ2v) is 4.65. The van der Waals surface area contributed by atoms with E-state index < -0.39 is 18.4 Å². The molecule has 1 aromatic heterocycles. The highest BCUT2D eigenvalue weighted by Crippen LogP contribution is 2.07. The van der Waals surface area contributed by atoms with E-state index in [0.717, 1.165) is 0 Å². The number of amides is 1. The Labute approximate surface area is 129 Å². The fourth-order valence-electron chi connectivity index (χ4n) is 1.70. The molecule has 0 saturated carbocycles. The highest BCUT2D eigenvalue weighted by molar-refractivity contribution is 5.91. The van der Waals surface area contributed by atoms with Crippen molar-refractivity contribution >= 4 is 17.8 Å². The van der Waals surface area contributed by atoms with Crippen molar-refractivity contribution in [2.24, 2.45) is 5.92 Å². The first-order chi connectivity index (χ1) is 10.6. The van der Waals surface area contributed by atoms with Crippen LogP contribution in [0, 0.1) is 5.92 Å². The Bertz CT molecular complexity index is 500. The highest BCUT2D eigenvalue weighted by atomic mass is 16.7. The molecule has 7 nitrogen and oxygen atoms in total. The molecular formula is C15H20N2O5.